The van der Waals surface area contributed by atoms with Crippen LogP contribution in [0.1, 0.15) is 31.8 Å². The van der Waals surface area contributed by atoms with E-state index in [2.05, 4.69) is 29.6 Å². The maximum Gasteiger partial charge on any atom is 0.261 e. The molecular weight excluding hydrogens is 420 g/mol. The molecule has 0 radical (unpaired) electrons. The predicted octanol–water partition coefficient (Wildman–Crippen LogP) is 6.27. The molecule has 1 aliphatic rings. The highest BCUT2D eigenvalue weighted by Gasteiger charge is 2.32. The summed E-state index contributed by atoms with van der Waals surface area (Å²) in [5, 5.41) is 5.02. The molecule has 0 bridgehead atoms. The van der Waals surface area contributed by atoms with Gasteiger partial charge in [-0.2, -0.15) is 0 Å². The molecule has 5 rings (SSSR count). The summed E-state index contributed by atoms with van der Waals surface area (Å²) in [6, 6.07) is 29.3. The minimum absolute atomic E-state index is 0.229. The Bertz CT molecular complexity index is 1380. The van der Waals surface area contributed by atoms with Gasteiger partial charge in [0.15, 0.2) is 0 Å². The molecule has 4 heteroatoms. The Morgan fingerprint density at radius 3 is 1.94 bits per heavy atom. The zero-order valence-corrected chi connectivity index (χ0v) is 18.6. The molecule has 4 aromatic rings. The summed E-state index contributed by atoms with van der Waals surface area (Å²) in [6.45, 7) is 0.860. The van der Waals surface area contributed by atoms with Crippen molar-refractivity contribution in [3.8, 4) is 0 Å². The molecule has 4 aromatic carbocycles. The summed E-state index contributed by atoms with van der Waals surface area (Å²) in [5.74, 6) is -0.524. The lowest BCUT2D eigenvalue weighted by molar-refractivity contribution is 0.0629. The Labute approximate surface area is 198 Å². The van der Waals surface area contributed by atoms with E-state index in [1.54, 1.807) is 6.07 Å². The standard InChI is InChI=1S/C30H24N2O2/c33-29-25-17-7-16-24-27(31-20-8-14-22-10-3-1-4-11-22)19-18-26(28(24)25)30(34)32(29)21-9-15-23-12-5-2-6-13-23/h1-19,31H,20-21H2/b14-8+,15-9+. The third-order valence-electron chi connectivity index (χ3n) is 5.91. The first kappa shape index (κ1) is 21.4. The van der Waals surface area contributed by atoms with Crippen LogP contribution in [0.3, 0.4) is 0 Å². The topological polar surface area (TPSA) is 49.4 Å². The third kappa shape index (κ3) is 4.26. The van der Waals surface area contributed by atoms with E-state index in [4.69, 9.17) is 0 Å². The highest BCUT2D eigenvalue weighted by Crippen LogP contribution is 2.34. The number of hydrogen-bond acceptors (Lipinski definition) is 3. The summed E-state index contributed by atoms with van der Waals surface area (Å²) in [5.41, 5.74) is 4.18. The minimum atomic E-state index is -0.262. The van der Waals surface area contributed by atoms with Gasteiger partial charge in [-0.15, -0.1) is 0 Å². The predicted molar refractivity (Wildman–Crippen MR) is 139 cm³/mol. The van der Waals surface area contributed by atoms with Crippen LogP contribution in [0.5, 0.6) is 0 Å². The van der Waals surface area contributed by atoms with E-state index in [1.807, 2.05) is 84.9 Å². The normalized spacial score (nSPS) is 13.4. The lowest BCUT2D eigenvalue weighted by atomic mass is 9.93. The minimum Gasteiger partial charge on any atom is -0.381 e. The van der Waals surface area contributed by atoms with E-state index in [0.29, 0.717) is 17.7 Å². The number of imide groups is 1. The number of rotatable bonds is 7. The SMILES string of the molecule is O=C1c2cccc3c(NC/C=C/c4ccccc4)ccc(c23)C(=O)N1C/C=C/c1ccccc1. The van der Waals surface area contributed by atoms with Crippen LogP contribution < -0.4 is 5.32 Å². The molecule has 0 saturated carbocycles. The fourth-order valence-corrected chi connectivity index (χ4v) is 4.25. The van der Waals surface area contributed by atoms with Crippen molar-refractivity contribution in [3.63, 3.8) is 0 Å². The molecule has 4 nitrogen and oxygen atoms in total. The average molecular weight is 445 g/mol. The fourth-order valence-electron chi connectivity index (χ4n) is 4.25. The molecule has 2 amide bonds. The van der Waals surface area contributed by atoms with Crippen molar-refractivity contribution in [2.45, 2.75) is 0 Å². The molecular formula is C30H24N2O2. The molecule has 166 valence electrons. The lowest BCUT2D eigenvalue weighted by Gasteiger charge is -2.27. The third-order valence-corrected chi connectivity index (χ3v) is 5.91. The molecule has 0 aliphatic carbocycles. The van der Waals surface area contributed by atoms with Crippen molar-refractivity contribution in [1.82, 2.24) is 4.90 Å². The van der Waals surface area contributed by atoms with Gasteiger partial charge in [-0.05, 0) is 29.3 Å². The summed E-state index contributed by atoms with van der Waals surface area (Å²) >= 11 is 0. The van der Waals surface area contributed by atoms with Gasteiger partial charge < -0.3 is 5.32 Å². The molecule has 0 fully saturated rings. The van der Waals surface area contributed by atoms with E-state index < -0.39 is 0 Å². The number of benzene rings is 4. The second-order valence-corrected chi connectivity index (χ2v) is 8.12. The molecule has 1 heterocycles. The molecule has 0 aromatic heterocycles. The number of carbonyl (C=O) groups excluding carboxylic acids is 2. The van der Waals surface area contributed by atoms with Gasteiger partial charge in [0.2, 0.25) is 0 Å². The average Bonchev–Trinajstić information content (AvgIpc) is 2.88. The van der Waals surface area contributed by atoms with Crippen LogP contribution in [-0.2, 0) is 0 Å². The van der Waals surface area contributed by atoms with Crippen molar-refractivity contribution in [2.24, 2.45) is 0 Å². The van der Waals surface area contributed by atoms with Crippen LogP contribution >= 0.6 is 0 Å². The smallest absolute Gasteiger partial charge is 0.261 e. The summed E-state index contributed by atoms with van der Waals surface area (Å²) in [4.78, 5) is 27.8. The van der Waals surface area contributed by atoms with Crippen LogP contribution in [0.2, 0.25) is 0 Å². The molecule has 0 saturated heterocycles. The number of carbonyl (C=O) groups is 2. The van der Waals surface area contributed by atoms with Gasteiger partial charge in [-0.25, -0.2) is 0 Å². The Kier molecular flexibility index (Phi) is 6.04. The van der Waals surface area contributed by atoms with E-state index >= 15 is 0 Å². The first-order chi connectivity index (χ1) is 16.7. The van der Waals surface area contributed by atoms with Gasteiger partial charge in [0.1, 0.15) is 0 Å². The highest BCUT2D eigenvalue weighted by atomic mass is 16.2. The quantitative estimate of drug-likeness (QED) is 0.342. The van der Waals surface area contributed by atoms with Crippen LogP contribution in [0.4, 0.5) is 5.69 Å². The zero-order valence-electron chi connectivity index (χ0n) is 18.6. The maximum absolute atomic E-state index is 13.2. The Balaban J connectivity index is 1.38. The maximum atomic E-state index is 13.2. The van der Waals surface area contributed by atoms with Crippen molar-refractivity contribution in [1.29, 1.82) is 0 Å². The van der Waals surface area contributed by atoms with E-state index in [0.717, 1.165) is 27.6 Å². The largest absolute Gasteiger partial charge is 0.381 e. The van der Waals surface area contributed by atoms with Crippen molar-refractivity contribution >= 4 is 40.4 Å². The number of anilines is 1. The van der Waals surface area contributed by atoms with E-state index in [9.17, 15) is 9.59 Å². The second-order valence-electron chi connectivity index (χ2n) is 8.12. The first-order valence-corrected chi connectivity index (χ1v) is 11.3. The van der Waals surface area contributed by atoms with Crippen molar-refractivity contribution < 1.29 is 9.59 Å². The Morgan fingerprint density at radius 1 is 0.647 bits per heavy atom. The zero-order chi connectivity index (χ0) is 23.3. The molecule has 1 N–H and O–H groups in total. The summed E-state index contributed by atoms with van der Waals surface area (Å²) in [7, 11) is 0. The molecule has 34 heavy (non-hydrogen) atoms. The van der Waals surface area contributed by atoms with Crippen LogP contribution in [0.25, 0.3) is 22.9 Å². The van der Waals surface area contributed by atoms with Crippen LogP contribution in [0, 0.1) is 0 Å². The molecule has 0 unspecified atom stereocenters. The Morgan fingerprint density at radius 2 is 1.26 bits per heavy atom. The van der Waals surface area contributed by atoms with Gasteiger partial charge in [0, 0.05) is 40.7 Å². The highest BCUT2D eigenvalue weighted by molar-refractivity contribution is 6.26. The molecule has 1 aliphatic heterocycles. The summed E-state index contributed by atoms with van der Waals surface area (Å²) < 4.78 is 0. The van der Waals surface area contributed by atoms with Gasteiger partial charge in [0.25, 0.3) is 11.8 Å². The molecule has 0 spiro atoms. The number of nitrogens with zero attached hydrogens (tertiary/aromatic N) is 1. The first-order valence-electron chi connectivity index (χ1n) is 11.3. The van der Waals surface area contributed by atoms with Gasteiger partial charge in [-0.3, -0.25) is 14.5 Å². The Hall–Kier alpha value is -4.44. The van der Waals surface area contributed by atoms with Gasteiger partial charge in [0.05, 0.1) is 0 Å². The van der Waals surface area contributed by atoms with E-state index in [1.165, 1.54) is 4.90 Å². The number of amides is 2. The van der Waals surface area contributed by atoms with Crippen LogP contribution in [-0.4, -0.2) is 29.8 Å². The second kappa shape index (κ2) is 9.59. The van der Waals surface area contributed by atoms with E-state index in [-0.39, 0.29) is 18.4 Å². The van der Waals surface area contributed by atoms with Crippen LogP contribution in [0.15, 0.2) is 103 Å². The fraction of sp³-hybridized carbons (Fsp3) is 0.0667. The van der Waals surface area contributed by atoms with Crippen molar-refractivity contribution in [2.75, 3.05) is 18.4 Å². The number of hydrogen-bond donors (Lipinski definition) is 1. The van der Waals surface area contributed by atoms with Gasteiger partial charge >= 0.3 is 0 Å². The molecule has 0 atom stereocenters. The monoisotopic (exact) mass is 444 g/mol. The van der Waals surface area contributed by atoms with Crippen molar-refractivity contribution in [3.05, 3.63) is 125 Å². The van der Waals surface area contributed by atoms with Gasteiger partial charge in [-0.1, -0.05) is 97.1 Å². The summed E-state index contributed by atoms with van der Waals surface area (Å²) in [6.07, 6.45) is 7.89. The number of nitrogens with one attached hydrogen (secondary N) is 1. The lowest BCUT2D eigenvalue weighted by Crippen LogP contribution is -2.40.